The second kappa shape index (κ2) is 6.48. The predicted molar refractivity (Wildman–Crippen MR) is 80.0 cm³/mol. The Morgan fingerprint density at radius 3 is 2.90 bits per heavy atom. The molecule has 3 unspecified atom stereocenters. The number of hydrogen-bond donors (Lipinski definition) is 1. The standard InChI is InChI=1S/C16H22O3S/c17-15(11-20-14-4-2-1-3-5-14)13-6-8-19-16(10-13)7-9-18-12-16/h1-5,13,15,17H,6-12H2. The summed E-state index contributed by atoms with van der Waals surface area (Å²) in [4.78, 5) is 1.22. The fraction of sp³-hybridized carbons (Fsp3) is 0.625. The summed E-state index contributed by atoms with van der Waals surface area (Å²) in [5.41, 5.74) is -0.110. The van der Waals surface area contributed by atoms with E-state index in [0.29, 0.717) is 12.5 Å². The van der Waals surface area contributed by atoms with E-state index >= 15 is 0 Å². The first kappa shape index (κ1) is 14.4. The smallest absolute Gasteiger partial charge is 0.0940 e. The molecule has 0 radical (unpaired) electrons. The van der Waals surface area contributed by atoms with Gasteiger partial charge in [-0.25, -0.2) is 0 Å². The van der Waals surface area contributed by atoms with Gasteiger partial charge in [0.2, 0.25) is 0 Å². The summed E-state index contributed by atoms with van der Waals surface area (Å²) in [6.45, 7) is 2.24. The lowest BCUT2D eigenvalue weighted by atomic mass is 9.82. The van der Waals surface area contributed by atoms with Gasteiger partial charge in [-0.2, -0.15) is 0 Å². The van der Waals surface area contributed by atoms with Crippen LogP contribution in [0.3, 0.4) is 0 Å². The van der Waals surface area contributed by atoms with Gasteiger partial charge < -0.3 is 14.6 Å². The van der Waals surface area contributed by atoms with Crippen molar-refractivity contribution in [1.82, 2.24) is 0 Å². The molecule has 0 saturated carbocycles. The van der Waals surface area contributed by atoms with Crippen LogP contribution in [0.25, 0.3) is 0 Å². The third-order valence-corrected chi connectivity index (χ3v) is 5.42. The van der Waals surface area contributed by atoms with Crippen molar-refractivity contribution in [3.63, 3.8) is 0 Å². The second-order valence-corrected chi connectivity index (χ2v) is 6.87. The number of thioether (sulfide) groups is 1. The zero-order valence-electron chi connectivity index (χ0n) is 11.7. The van der Waals surface area contributed by atoms with E-state index in [0.717, 1.165) is 38.2 Å². The molecule has 110 valence electrons. The van der Waals surface area contributed by atoms with Crippen molar-refractivity contribution in [1.29, 1.82) is 0 Å². The first-order chi connectivity index (χ1) is 9.77. The minimum absolute atomic E-state index is 0.110. The van der Waals surface area contributed by atoms with Crippen molar-refractivity contribution in [2.45, 2.75) is 35.9 Å². The molecular formula is C16H22O3S. The lowest BCUT2D eigenvalue weighted by molar-refractivity contribution is -0.113. The minimum atomic E-state index is -0.262. The average Bonchev–Trinajstić information content (AvgIpc) is 2.93. The van der Waals surface area contributed by atoms with Crippen LogP contribution in [0.4, 0.5) is 0 Å². The molecule has 1 N–H and O–H groups in total. The van der Waals surface area contributed by atoms with Gasteiger partial charge in [0.05, 0.1) is 18.3 Å². The Hall–Kier alpha value is -0.550. The van der Waals surface area contributed by atoms with Crippen LogP contribution in [-0.4, -0.2) is 42.4 Å². The van der Waals surface area contributed by atoms with Crippen LogP contribution in [0.5, 0.6) is 0 Å². The van der Waals surface area contributed by atoms with Crippen LogP contribution in [0.2, 0.25) is 0 Å². The van der Waals surface area contributed by atoms with Crippen molar-refractivity contribution in [3.05, 3.63) is 30.3 Å². The van der Waals surface area contributed by atoms with Crippen LogP contribution in [0.1, 0.15) is 19.3 Å². The molecule has 2 fully saturated rings. The highest BCUT2D eigenvalue weighted by atomic mass is 32.2. The van der Waals surface area contributed by atoms with E-state index in [9.17, 15) is 5.11 Å². The Morgan fingerprint density at radius 1 is 1.30 bits per heavy atom. The Kier molecular flexibility index (Phi) is 4.66. The largest absolute Gasteiger partial charge is 0.392 e. The Balaban J connectivity index is 1.53. The molecule has 1 spiro atoms. The number of rotatable bonds is 4. The maximum atomic E-state index is 10.5. The molecule has 0 bridgehead atoms. The van der Waals surface area contributed by atoms with Crippen molar-refractivity contribution < 1.29 is 14.6 Å². The normalized spacial score (nSPS) is 31.6. The SMILES string of the molecule is OC(CSc1ccccc1)C1CCOC2(CCOC2)C1. The Labute approximate surface area is 124 Å². The topological polar surface area (TPSA) is 38.7 Å². The number of ether oxygens (including phenoxy) is 2. The van der Waals surface area contributed by atoms with E-state index in [1.54, 1.807) is 11.8 Å². The third-order valence-electron chi connectivity index (χ3n) is 4.31. The van der Waals surface area contributed by atoms with Gasteiger partial charge in [0.15, 0.2) is 0 Å². The summed E-state index contributed by atoms with van der Waals surface area (Å²) in [5, 5.41) is 10.5. The number of hydrogen-bond acceptors (Lipinski definition) is 4. The molecule has 3 atom stereocenters. The Morgan fingerprint density at radius 2 is 2.15 bits per heavy atom. The van der Waals surface area contributed by atoms with E-state index in [1.165, 1.54) is 4.90 Å². The molecule has 20 heavy (non-hydrogen) atoms. The van der Waals surface area contributed by atoms with Crippen LogP contribution in [0, 0.1) is 5.92 Å². The van der Waals surface area contributed by atoms with E-state index < -0.39 is 0 Å². The van der Waals surface area contributed by atoms with Gasteiger partial charge in [-0.3, -0.25) is 0 Å². The zero-order chi connectivity index (χ0) is 13.8. The molecular weight excluding hydrogens is 272 g/mol. The van der Waals surface area contributed by atoms with Gasteiger partial charge in [0.25, 0.3) is 0 Å². The zero-order valence-corrected chi connectivity index (χ0v) is 12.5. The summed E-state index contributed by atoms with van der Waals surface area (Å²) in [6.07, 6.45) is 2.60. The number of benzene rings is 1. The molecule has 0 amide bonds. The van der Waals surface area contributed by atoms with E-state index in [4.69, 9.17) is 9.47 Å². The van der Waals surface area contributed by atoms with Crippen LogP contribution in [0.15, 0.2) is 35.2 Å². The van der Waals surface area contributed by atoms with Crippen LogP contribution in [-0.2, 0) is 9.47 Å². The predicted octanol–water partition coefficient (Wildman–Crippen LogP) is 2.73. The van der Waals surface area contributed by atoms with Crippen molar-refractivity contribution in [2.24, 2.45) is 5.92 Å². The monoisotopic (exact) mass is 294 g/mol. The molecule has 3 rings (SSSR count). The summed E-state index contributed by atoms with van der Waals surface area (Å²) < 4.78 is 11.4. The molecule has 2 saturated heterocycles. The fourth-order valence-electron chi connectivity index (χ4n) is 3.09. The van der Waals surface area contributed by atoms with Gasteiger partial charge in [0, 0.05) is 30.3 Å². The lowest BCUT2D eigenvalue weighted by Gasteiger charge is -2.38. The van der Waals surface area contributed by atoms with Crippen LogP contribution < -0.4 is 0 Å². The summed E-state index contributed by atoms with van der Waals surface area (Å²) in [7, 11) is 0. The number of aliphatic hydroxyl groups is 1. The number of aliphatic hydroxyl groups excluding tert-OH is 1. The highest BCUT2D eigenvalue weighted by Gasteiger charge is 2.42. The maximum Gasteiger partial charge on any atom is 0.0940 e. The van der Waals surface area contributed by atoms with Gasteiger partial charge in [0.1, 0.15) is 0 Å². The summed E-state index contributed by atoms with van der Waals surface area (Å²) >= 11 is 1.73. The van der Waals surface area contributed by atoms with Crippen LogP contribution >= 0.6 is 11.8 Å². The molecule has 0 aliphatic carbocycles. The van der Waals surface area contributed by atoms with Crippen molar-refractivity contribution in [2.75, 3.05) is 25.6 Å². The quantitative estimate of drug-likeness (QED) is 0.867. The molecule has 2 aliphatic rings. The summed E-state index contributed by atoms with van der Waals surface area (Å²) in [5.74, 6) is 1.09. The molecule has 3 nitrogen and oxygen atoms in total. The van der Waals surface area contributed by atoms with Crippen molar-refractivity contribution >= 4 is 11.8 Å². The molecule has 4 heteroatoms. The van der Waals surface area contributed by atoms with Crippen molar-refractivity contribution in [3.8, 4) is 0 Å². The lowest BCUT2D eigenvalue weighted by Crippen LogP contribution is -2.44. The van der Waals surface area contributed by atoms with Gasteiger partial charge in [-0.05, 0) is 30.9 Å². The molecule has 0 aromatic heterocycles. The van der Waals surface area contributed by atoms with Gasteiger partial charge in [-0.15, -0.1) is 11.8 Å². The first-order valence-electron chi connectivity index (χ1n) is 7.35. The molecule has 2 aliphatic heterocycles. The molecule has 1 aromatic rings. The van der Waals surface area contributed by atoms with Gasteiger partial charge in [-0.1, -0.05) is 18.2 Å². The average molecular weight is 294 g/mol. The second-order valence-electron chi connectivity index (χ2n) is 5.78. The van der Waals surface area contributed by atoms with E-state index in [1.807, 2.05) is 18.2 Å². The fourth-order valence-corrected chi connectivity index (χ4v) is 4.08. The Bertz CT molecular complexity index is 417. The van der Waals surface area contributed by atoms with E-state index in [2.05, 4.69) is 12.1 Å². The maximum absolute atomic E-state index is 10.5. The van der Waals surface area contributed by atoms with Gasteiger partial charge >= 0.3 is 0 Å². The third kappa shape index (κ3) is 3.37. The highest BCUT2D eigenvalue weighted by Crippen LogP contribution is 2.38. The highest BCUT2D eigenvalue weighted by molar-refractivity contribution is 7.99. The minimum Gasteiger partial charge on any atom is -0.392 e. The molecule has 1 aromatic carbocycles. The van der Waals surface area contributed by atoms with E-state index in [-0.39, 0.29) is 11.7 Å². The first-order valence-corrected chi connectivity index (χ1v) is 8.34. The molecule has 2 heterocycles. The summed E-state index contributed by atoms with van der Waals surface area (Å²) in [6, 6.07) is 10.3.